The minimum atomic E-state index is -1.05. The number of amides is 4. The molecular weight excluding hydrogens is 608 g/mol. The first-order valence-electron chi connectivity index (χ1n) is 15.9. The second kappa shape index (κ2) is 15.8. The molecule has 5 rings (SSSR count). The zero-order valence-corrected chi connectivity index (χ0v) is 27.1. The Kier molecular flexibility index (Phi) is 11.1. The zero-order valence-electron chi connectivity index (χ0n) is 27.1. The van der Waals surface area contributed by atoms with Gasteiger partial charge in [0.25, 0.3) is 5.91 Å². The van der Waals surface area contributed by atoms with Crippen LogP contribution in [0, 0.1) is 0 Å². The molecule has 10 nitrogen and oxygen atoms in total. The van der Waals surface area contributed by atoms with Crippen molar-refractivity contribution in [2.24, 2.45) is 0 Å². The monoisotopic (exact) mass is 648 g/mol. The molecule has 0 aliphatic heterocycles. The maximum absolute atomic E-state index is 13.7. The number of alkyl carbamates (subject to hydrolysis) is 1. The number of carbonyl (C=O) groups excluding carboxylic acids is 4. The standard InChI is InChI=1S/C38H40N4O6/c1-4-21-47-35(43)20-17-25(2)39-37(45)41-42(3)36(44)34(23-26-18-19-27-11-5-6-12-28(27)22-26)40-38(46)48-24-33-31-15-9-7-13-29(31)30-14-8-10-16-32(30)33/h4-16,18-19,22,25,33-34H,1,17,20-21,23-24H2,2-3H3,(H,40,46)(H2,39,41,45). The van der Waals surface area contributed by atoms with Crippen LogP contribution in [0.3, 0.4) is 0 Å². The molecule has 1 aliphatic rings. The Morgan fingerprint density at radius 1 is 0.854 bits per heavy atom. The molecule has 4 aromatic rings. The average Bonchev–Trinajstić information content (AvgIpc) is 3.41. The predicted molar refractivity (Wildman–Crippen MR) is 184 cm³/mol. The second-order valence-electron chi connectivity index (χ2n) is 11.8. The van der Waals surface area contributed by atoms with Gasteiger partial charge < -0.3 is 20.1 Å². The summed E-state index contributed by atoms with van der Waals surface area (Å²) in [4.78, 5) is 51.5. The molecule has 2 unspecified atom stereocenters. The van der Waals surface area contributed by atoms with E-state index in [2.05, 4.69) is 34.8 Å². The molecule has 3 N–H and O–H groups in total. The number of carbonyl (C=O) groups is 4. The van der Waals surface area contributed by atoms with Crippen molar-refractivity contribution >= 4 is 34.8 Å². The molecule has 1 aliphatic carbocycles. The minimum Gasteiger partial charge on any atom is -0.461 e. The third kappa shape index (κ3) is 8.38. The van der Waals surface area contributed by atoms with Gasteiger partial charge >= 0.3 is 18.1 Å². The van der Waals surface area contributed by atoms with Crippen molar-refractivity contribution in [3.05, 3.63) is 120 Å². The predicted octanol–water partition coefficient (Wildman–Crippen LogP) is 5.86. The van der Waals surface area contributed by atoms with Crippen molar-refractivity contribution in [1.82, 2.24) is 21.1 Å². The summed E-state index contributed by atoms with van der Waals surface area (Å²) < 4.78 is 10.7. The van der Waals surface area contributed by atoms with Gasteiger partial charge in [0.2, 0.25) is 0 Å². The Bertz CT molecular complexity index is 1760. The van der Waals surface area contributed by atoms with Crippen LogP contribution in [0.15, 0.2) is 104 Å². The summed E-state index contributed by atoms with van der Waals surface area (Å²) in [6.07, 6.45) is 1.35. The maximum Gasteiger partial charge on any atom is 0.407 e. The van der Waals surface area contributed by atoms with Crippen molar-refractivity contribution in [2.75, 3.05) is 20.3 Å². The van der Waals surface area contributed by atoms with Crippen LogP contribution in [0.2, 0.25) is 0 Å². The molecule has 4 amide bonds. The second-order valence-corrected chi connectivity index (χ2v) is 11.8. The molecule has 2 atom stereocenters. The maximum atomic E-state index is 13.7. The number of ether oxygens (including phenoxy) is 2. The number of hydrogen-bond donors (Lipinski definition) is 3. The summed E-state index contributed by atoms with van der Waals surface area (Å²) in [5.74, 6) is -1.09. The van der Waals surface area contributed by atoms with Gasteiger partial charge in [-0.1, -0.05) is 104 Å². The molecule has 0 spiro atoms. The molecule has 10 heteroatoms. The van der Waals surface area contributed by atoms with Crippen molar-refractivity contribution in [3.63, 3.8) is 0 Å². The lowest BCUT2D eigenvalue weighted by atomic mass is 9.98. The lowest BCUT2D eigenvalue weighted by Gasteiger charge is -2.26. The summed E-state index contributed by atoms with van der Waals surface area (Å²) in [6.45, 7) is 5.46. The van der Waals surface area contributed by atoms with Crippen LogP contribution in [-0.4, -0.2) is 61.4 Å². The highest BCUT2D eigenvalue weighted by atomic mass is 16.5. The van der Waals surface area contributed by atoms with Crippen molar-refractivity contribution in [3.8, 4) is 11.1 Å². The number of urea groups is 1. The molecule has 0 fully saturated rings. The number of benzene rings is 4. The van der Waals surface area contributed by atoms with Crippen molar-refractivity contribution < 1.29 is 28.7 Å². The first-order chi connectivity index (χ1) is 23.2. The average molecular weight is 649 g/mol. The minimum absolute atomic E-state index is 0.0895. The van der Waals surface area contributed by atoms with E-state index in [1.54, 1.807) is 6.92 Å². The fraction of sp³-hybridized carbons (Fsp3) is 0.263. The lowest BCUT2D eigenvalue weighted by Crippen LogP contribution is -2.56. The number of hydrazine groups is 1. The molecule has 0 saturated carbocycles. The van der Waals surface area contributed by atoms with E-state index in [-0.39, 0.29) is 38.0 Å². The Morgan fingerprint density at radius 2 is 1.50 bits per heavy atom. The van der Waals surface area contributed by atoms with Gasteiger partial charge in [0.15, 0.2) is 0 Å². The number of likely N-dealkylation sites (N-methyl/N-ethyl adjacent to an activating group) is 1. The van der Waals surface area contributed by atoms with Crippen LogP contribution >= 0.6 is 0 Å². The highest BCUT2D eigenvalue weighted by Crippen LogP contribution is 2.44. The molecule has 0 radical (unpaired) electrons. The Hall–Kier alpha value is -5.64. The number of fused-ring (bicyclic) bond motifs is 4. The van der Waals surface area contributed by atoms with Gasteiger partial charge in [-0.25, -0.2) is 15.0 Å². The zero-order chi connectivity index (χ0) is 34.0. The molecule has 4 aromatic carbocycles. The highest BCUT2D eigenvalue weighted by Gasteiger charge is 2.31. The van der Waals surface area contributed by atoms with Gasteiger partial charge in [0, 0.05) is 31.8 Å². The van der Waals surface area contributed by atoms with Gasteiger partial charge in [0.1, 0.15) is 19.3 Å². The van der Waals surface area contributed by atoms with Crippen LogP contribution in [0.5, 0.6) is 0 Å². The van der Waals surface area contributed by atoms with Crippen molar-refractivity contribution in [1.29, 1.82) is 0 Å². The van der Waals surface area contributed by atoms with Crippen LogP contribution in [0.1, 0.15) is 42.4 Å². The van der Waals surface area contributed by atoms with E-state index in [9.17, 15) is 19.2 Å². The SMILES string of the molecule is C=CCOC(=O)CCC(C)NC(=O)NN(C)C(=O)C(Cc1ccc2ccccc2c1)NC(=O)OCC1c2ccccc2-c2ccccc21. The van der Waals surface area contributed by atoms with E-state index in [0.29, 0.717) is 6.42 Å². The summed E-state index contributed by atoms with van der Waals surface area (Å²) in [5.41, 5.74) is 7.71. The van der Waals surface area contributed by atoms with Gasteiger partial charge in [-0.05, 0) is 51.9 Å². The summed E-state index contributed by atoms with van der Waals surface area (Å²) >= 11 is 0. The molecule has 0 aromatic heterocycles. The molecule has 0 heterocycles. The number of hydrogen-bond acceptors (Lipinski definition) is 6. The highest BCUT2D eigenvalue weighted by molar-refractivity contribution is 5.88. The van der Waals surface area contributed by atoms with E-state index in [1.165, 1.54) is 13.1 Å². The summed E-state index contributed by atoms with van der Waals surface area (Å²) in [5, 5.41) is 8.54. The Morgan fingerprint density at radius 3 is 2.19 bits per heavy atom. The normalized spacial score (nSPS) is 13.0. The fourth-order valence-electron chi connectivity index (χ4n) is 5.91. The topological polar surface area (TPSA) is 126 Å². The molecule has 0 saturated heterocycles. The number of nitrogens with one attached hydrogen (secondary N) is 3. The molecular formula is C38H40N4O6. The summed E-state index contributed by atoms with van der Waals surface area (Å²) in [7, 11) is 1.41. The number of rotatable bonds is 12. The lowest BCUT2D eigenvalue weighted by molar-refractivity contribution is -0.142. The first kappa shape index (κ1) is 33.7. The molecule has 48 heavy (non-hydrogen) atoms. The van der Waals surface area contributed by atoms with E-state index >= 15 is 0 Å². The molecule has 248 valence electrons. The van der Waals surface area contributed by atoms with Crippen LogP contribution < -0.4 is 16.1 Å². The number of nitrogens with zero attached hydrogens (tertiary/aromatic N) is 1. The van der Waals surface area contributed by atoms with Crippen LogP contribution in [0.4, 0.5) is 9.59 Å². The Balaban J connectivity index is 1.24. The van der Waals surface area contributed by atoms with E-state index < -0.39 is 30.0 Å². The van der Waals surface area contributed by atoms with Crippen molar-refractivity contribution in [2.45, 2.75) is 44.2 Å². The first-order valence-corrected chi connectivity index (χ1v) is 15.9. The summed E-state index contributed by atoms with van der Waals surface area (Å²) in [6, 6.07) is 27.7. The Labute approximate surface area is 280 Å². The van der Waals surface area contributed by atoms with E-state index in [4.69, 9.17) is 9.47 Å². The van der Waals surface area contributed by atoms with E-state index in [0.717, 1.165) is 43.6 Å². The fourth-order valence-corrected chi connectivity index (χ4v) is 5.91. The third-order valence-electron chi connectivity index (χ3n) is 8.31. The quantitative estimate of drug-likeness (QED) is 0.100. The van der Waals surface area contributed by atoms with Gasteiger partial charge in [-0.15, -0.1) is 0 Å². The molecule has 0 bridgehead atoms. The van der Waals surface area contributed by atoms with E-state index in [1.807, 2.05) is 78.9 Å². The smallest absolute Gasteiger partial charge is 0.407 e. The van der Waals surface area contributed by atoms with Crippen LogP contribution in [-0.2, 0) is 25.5 Å². The van der Waals surface area contributed by atoms with Crippen LogP contribution in [0.25, 0.3) is 21.9 Å². The van der Waals surface area contributed by atoms with Gasteiger partial charge in [0.05, 0.1) is 0 Å². The third-order valence-corrected chi connectivity index (χ3v) is 8.31. The largest absolute Gasteiger partial charge is 0.461 e. The van der Waals surface area contributed by atoms with Gasteiger partial charge in [-0.3, -0.25) is 14.6 Å². The number of esters is 1. The van der Waals surface area contributed by atoms with Gasteiger partial charge in [-0.2, -0.15) is 0 Å².